The predicted molar refractivity (Wildman–Crippen MR) is 268 cm³/mol. The van der Waals surface area contributed by atoms with Crippen molar-refractivity contribution in [2.45, 2.75) is 26.7 Å². The summed E-state index contributed by atoms with van der Waals surface area (Å²) in [4.78, 5) is 55.1. The van der Waals surface area contributed by atoms with Gasteiger partial charge in [0.05, 0.1) is 51.1 Å². The summed E-state index contributed by atoms with van der Waals surface area (Å²) < 4.78 is 24.1. The van der Waals surface area contributed by atoms with Crippen LogP contribution in [-0.4, -0.2) is 104 Å². The van der Waals surface area contributed by atoms with Gasteiger partial charge in [-0.25, -0.2) is 9.48 Å². The van der Waals surface area contributed by atoms with Gasteiger partial charge < -0.3 is 33.6 Å². The van der Waals surface area contributed by atoms with Crippen molar-refractivity contribution in [3.8, 4) is 17.2 Å². The highest BCUT2D eigenvalue weighted by Crippen LogP contribution is 2.30. The zero-order valence-corrected chi connectivity index (χ0v) is 41.3. The Balaban J connectivity index is 0.000000168. The van der Waals surface area contributed by atoms with E-state index in [-0.39, 0.29) is 29.4 Å². The van der Waals surface area contributed by atoms with Crippen LogP contribution >= 0.6 is 56.8 Å². The molecule has 1 fully saturated rings. The van der Waals surface area contributed by atoms with E-state index in [4.69, 9.17) is 25.8 Å². The molecule has 0 aliphatic carbocycles. The van der Waals surface area contributed by atoms with E-state index in [0.717, 1.165) is 58.0 Å². The average Bonchev–Trinajstić information content (AvgIpc) is 3.74. The number of amides is 2. The Bertz CT molecular complexity index is 2510. The molecule has 0 atom stereocenters. The van der Waals surface area contributed by atoms with Crippen LogP contribution in [0, 0.1) is 7.14 Å². The van der Waals surface area contributed by atoms with Crippen molar-refractivity contribution in [3.63, 3.8) is 0 Å². The number of esters is 1. The Hall–Kier alpha value is -5.51. The largest absolute Gasteiger partial charge is 0.497 e. The van der Waals surface area contributed by atoms with E-state index >= 15 is 0 Å². The first-order chi connectivity index (χ1) is 31.4. The Morgan fingerprint density at radius 1 is 0.769 bits per heavy atom. The van der Waals surface area contributed by atoms with Gasteiger partial charge in [0.1, 0.15) is 22.9 Å². The van der Waals surface area contributed by atoms with Gasteiger partial charge in [-0.1, -0.05) is 17.7 Å². The van der Waals surface area contributed by atoms with Crippen LogP contribution in [0.4, 0.5) is 17.1 Å². The molecular weight excluding hydrogens is 1080 g/mol. The Kier molecular flexibility index (Phi) is 17.8. The van der Waals surface area contributed by atoms with E-state index in [9.17, 15) is 19.2 Å². The highest BCUT2D eigenvalue weighted by Gasteiger charge is 2.34. The first-order valence-electron chi connectivity index (χ1n) is 20.7. The minimum atomic E-state index is -0.657. The molecule has 8 rings (SSSR count). The summed E-state index contributed by atoms with van der Waals surface area (Å²) in [7, 11) is 3.18. The SMILES string of the molecule is CCOC(=O)/C(Cl)=N\Nc1ccc(OC)cc1.COc1ccc(-n2nc(C(C)=O)c3c2C(=O)N(c2ccc(I)cc2)CC3)cc1.O=C1C(N2CCOCC2)=CCCN1c1ccc(I)cc1. The molecule has 1 N–H and O–H groups in total. The lowest BCUT2D eigenvalue weighted by atomic mass is 10.0. The van der Waals surface area contributed by atoms with Crippen LogP contribution in [0.25, 0.3) is 5.69 Å². The quantitative estimate of drug-likeness (QED) is 0.0446. The van der Waals surface area contributed by atoms with Gasteiger partial charge in [-0.3, -0.25) is 19.8 Å². The number of fused-ring (bicyclic) bond motifs is 1. The fourth-order valence-electron chi connectivity index (χ4n) is 7.03. The topological polar surface area (TPSA) is 157 Å². The molecule has 3 aliphatic rings. The van der Waals surface area contributed by atoms with Gasteiger partial charge in [0.2, 0.25) is 5.17 Å². The molecule has 0 radical (unpaired) electrons. The second-order valence-corrected chi connectivity index (χ2v) is 17.2. The number of carbonyl (C=O) groups excluding carboxylic acids is 4. The van der Waals surface area contributed by atoms with Gasteiger partial charge in [-0.2, -0.15) is 10.2 Å². The number of rotatable bonds is 11. The van der Waals surface area contributed by atoms with E-state index in [1.807, 2.05) is 65.6 Å². The number of benzene rings is 4. The van der Waals surface area contributed by atoms with E-state index in [2.05, 4.69) is 76.5 Å². The molecule has 0 unspecified atom stereocenters. The number of hydrazone groups is 1. The smallest absolute Gasteiger partial charge is 0.370 e. The first-order valence-corrected chi connectivity index (χ1v) is 23.2. The lowest BCUT2D eigenvalue weighted by Gasteiger charge is -2.35. The minimum absolute atomic E-state index is 0.111. The number of carbonyl (C=O) groups is 4. The lowest BCUT2D eigenvalue weighted by Crippen LogP contribution is -2.45. The van der Waals surface area contributed by atoms with Gasteiger partial charge in [-0.15, -0.1) is 0 Å². The number of ether oxygens (including phenoxy) is 4. The minimum Gasteiger partial charge on any atom is -0.497 e. The molecule has 340 valence electrons. The maximum absolute atomic E-state index is 13.4. The van der Waals surface area contributed by atoms with Crippen molar-refractivity contribution in [2.75, 3.05) is 75.4 Å². The molecule has 4 heterocycles. The van der Waals surface area contributed by atoms with Crippen LogP contribution in [0.5, 0.6) is 11.5 Å². The number of aromatic nitrogens is 2. The second kappa shape index (κ2) is 23.6. The number of hydrogen-bond donors (Lipinski definition) is 1. The standard InChI is InChI=1S/C21H18IN3O3.C15H17IN2O2.C11H13ClN2O3/c1-13(26)19-18-11-12-24(15-5-3-14(22)4-6-15)21(27)20(18)25(23-19)16-7-9-17(28-2)10-8-16;16-12-3-5-13(6-4-12)18-7-1-2-14(15(18)19)17-8-10-20-11-9-17;1-3-17-11(15)10(12)14-13-8-4-6-9(16-2)7-5-8/h3-10H,11-12H2,1-2H3;2-6H,1,7-11H2;4-7,13H,3H2,1-2H3/b;;14-10+. The zero-order chi connectivity index (χ0) is 46.5. The summed E-state index contributed by atoms with van der Waals surface area (Å²) in [5.41, 5.74) is 8.21. The maximum atomic E-state index is 13.4. The van der Waals surface area contributed by atoms with E-state index in [1.54, 1.807) is 67.1 Å². The number of Topliss-reactive ketones (excluding diaryl/α,β-unsaturated/α-hetero) is 1. The van der Waals surface area contributed by atoms with Crippen LogP contribution in [0.1, 0.15) is 46.8 Å². The summed E-state index contributed by atoms with van der Waals surface area (Å²) in [6.45, 7) is 7.72. The molecule has 18 heteroatoms. The van der Waals surface area contributed by atoms with Gasteiger partial charge in [0.25, 0.3) is 11.8 Å². The monoisotopic (exact) mass is 1130 g/mol. The van der Waals surface area contributed by atoms with Gasteiger partial charge in [-0.05, 0) is 162 Å². The Morgan fingerprint density at radius 3 is 1.85 bits per heavy atom. The molecule has 3 aliphatic heterocycles. The summed E-state index contributed by atoms with van der Waals surface area (Å²) in [6.07, 6.45) is 3.55. The molecule has 0 spiro atoms. The van der Waals surface area contributed by atoms with E-state index in [1.165, 1.54) is 10.5 Å². The predicted octanol–water partition coefficient (Wildman–Crippen LogP) is 8.36. The number of nitrogens with one attached hydrogen (secondary N) is 1. The molecular formula is C47H48ClI2N7O8. The Labute approximate surface area is 409 Å². The summed E-state index contributed by atoms with van der Waals surface area (Å²) in [6, 6.07) is 30.2. The van der Waals surface area contributed by atoms with Crippen molar-refractivity contribution in [1.29, 1.82) is 0 Å². The maximum Gasteiger partial charge on any atom is 0.370 e. The number of methoxy groups -OCH3 is 2. The zero-order valence-electron chi connectivity index (χ0n) is 36.3. The molecule has 65 heavy (non-hydrogen) atoms. The van der Waals surface area contributed by atoms with E-state index in [0.29, 0.717) is 54.7 Å². The van der Waals surface area contributed by atoms with Crippen LogP contribution in [-0.2, 0) is 25.5 Å². The van der Waals surface area contributed by atoms with Crippen molar-refractivity contribution < 1.29 is 38.1 Å². The third-order valence-corrected chi connectivity index (χ3v) is 11.9. The van der Waals surface area contributed by atoms with Crippen molar-refractivity contribution in [1.82, 2.24) is 14.7 Å². The molecule has 1 saturated heterocycles. The number of morpholine rings is 1. The highest BCUT2D eigenvalue weighted by atomic mass is 127. The number of anilines is 3. The fraction of sp³-hybridized carbons (Fsp3) is 0.277. The number of halogens is 3. The van der Waals surface area contributed by atoms with Gasteiger partial charge in [0.15, 0.2) is 5.78 Å². The number of hydrogen-bond acceptors (Lipinski definition) is 12. The molecule has 0 bridgehead atoms. The van der Waals surface area contributed by atoms with Crippen molar-refractivity contribution in [3.05, 3.63) is 133 Å². The summed E-state index contributed by atoms with van der Waals surface area (Å²) in [5.74, 6) is 0.603. The second-order valence-electron chi connectivity index (χ2n) is 14.4. The van der Waals surface area contributed by atoms with Crippen LogP contribution in [0.15, 0.2) is 114 Å². The van der Waals surface area contributed by atoms with Crippen molar-refractivity contribution >= 4 is 103 Å². The highest BCUT2D eigenvalue weighted by molar-refractivity contribution is 14.1. The number of nitrogens with zero attached hydrogens (tertiary/aromatic N) is 6. The van der Waals surface area contributed by atoms with Crippen LogP contribution in [0.2, 0.25) is 0 Å². The Morgan fingerprint density at radius 2 is 1.31 bits per heavy atom. The molecule has 4 aromatic carbocycles. The van der Waals surface area contributed by atoms with Gasteiger partial charge >= 0.3 is 5.97 Å². The molecule has 5 aromatic rings. The number of ketones is 1. The van der Waals surface area contributed by atoms with Crippen LogP contribution in [0.3, 0.4) is 0 Å². The lowest BCUT2D eigenvalue weighted by molar-refractivity contribution is -0.134. The van der Waals surface area contributed by atoms with Crippen molar-refractivity contribution in [2.24, 2.45) is 5.10 Å². The normalized spacial score (nSPS) is 14.8. The molecule has 0 saturated carbocycles. The average molecular weight is 1130 g/mol. The van der Waals surface area contributed by atoms with Crippen LogP contribution < -0.4 is 24.7 Å². The molecule has 15 nitrogen and oxygen atoms in total. The van der Waals surface area contributed by atoms with Gasteiger partial charge in [0, 0.05) is 57.2 Å². The third kappa shape index (κ3) is 12.6. The summed E-state index contributed by atoms with van der Waals surface area (Å²) in [5, 5.41) is 7.92. The van der Waals surface area contributed by atoms with E-state index < -0.39 is 5.97 Å². The first kappa shape index (κ1) is 48.9. The molecule has 1 aromatic heterocycles. The summed E-state index contributed by atoms with van der Waals surface area (Å²) >= 11 is 10.1. The molecule has 2 amide bonds. The fourth-order valence-corrected chi connectivity index (χ4v) is 7.85. The third-order valence-electron chi connectivity index (χ3n) is 10.3.